The van der Waals surface area contributed by atoms with Crippen molar-refractivity contribution in [2.75, 3.05) is 18.0 Å². The van der Waals surface area contributed by atoms with Crippen molar-refractivity contribution >= 4 is 27.4 Å². The SMILES string of the molecule is Cc1nc2nc(C)c(OC3CCN(c4cnc(Br)nc4)C3)c(C)n2n1. The summed E-state index contributed by atoms with van der Waals surface area (Å²) >= 11 is 3.26. The van der Waals surface area contributed by atoms with Crippen LogP contribution in [0, 0.1) is 20.8 Å². The molecule has 8 nitrogen and oxygen atoms in total. The largest absolute Gasteiger partial charge is 0.485 e. The van der Waals surface area contributed by atoms with Crippen LogP contribution in [0.15, 0.2) is 17.1 Å². The van der Waals surface area contributed by atoms with Gasteiger partial charge in [0, 0.05) is 13.0 Å². The van der Waals surface area contributed by atoms with Crippen LogP contribution in [0.25, 0.3) is 5.78 Å². The predicted octanol–water partition coefficient (Wildman–Crippen LogP) is 2.26. The van der Waals surface area contributed by atoms with Crippen LogP contribution < -0.4 is 9.64 Å². The first kappa shape index (κ1) is 16.2. The van der Waals surface area contributed by atoms with Crippen LogP contribution in [-0.2, 0) is 0 Å². The van der Waals surface area contributed by atoms with Crippen molar-refractivity contribution in [2.24, 2.45) is 0 Å². The summed E-state index contributed by atoms with van der Waals surface area (Å²) in [5.74, 6) is 2.10. The molecule has 3 aromatic rings. The summed E-state index contributed by atoms with van der Waals surface area (Å²) in [4.78, 5) is 19.5. The van der Waals surface area contributed by atoms with Crippen molar-refractivity contribution < 1.29 is 4.74 Å². The maximum atomic E-state index is 6.29. The molecular weight excluding hydrogens is 386 g/mol. The maximum absolute atomic E-state index is 6.29. The molecule has 4 heterocycles. The van der Waals surface area contributed by atoms with Gasteiger partial charge in [-0.2, -0.15) is 9.50 Å². The average Bonchev–Trinajstić information content (AvgIpc) is 3.18. The first-order valence-corrected chi connectivity index (χ1v) is 8.90. The number of ether oxygens (including phenoxy) is 1. The third-order valence-corrected chi connectivity index (χ3v) is 4.75. The van der Waals surface area contributed by atoms with Gasteiger partial charge in [-0.25, -0.2) is 15.0 Å². The molecule has 1 aliphatic heterocycles. The molecule has 1 unspecified atom stereocenters. The summed E-state index contributed by atoms with van der Waals surface area (Å²) in [6, 6.07) is 0. The lowest BCUT2D eigenvalue weighted by molar-refractivity contribution is 0.219. The average molecular weight is 404 g/mol. The van der Waals surface area contributed by atoms with E-state index in [1.165, 1.54) is 0 Å². The number of halogens is 1. The highest BCUT2D eigenvalue weighted by Gasteiger charge is 2.26. The fourth-order valence-electron chi connectivity index (χ4n) is 3.12. The molecule has 0 aromatic carbocycles. The second kappa shape index (κ2) is 6.21. The van der Waals surface area contributed by atoms with Crippen molar-refractivity contribution in [3.63, 3.8) is 0 Å². The van der Waals surface area contributed by atoms with Gasteiger partial charge >= 0.3 is 0 Å². The molecule has 1 fully saturated rings. The molecule has 1 atom stereocenters. The third-order valence-electron chi connectivity index (χ3n) is 4.34. The molecule has 1 aliphatic rings. The fraction of sp³-hybridized carbons (Fsp3) is 0.438. The summed E-state index contributed by atoms with van der Waals surface area (Å²) in [5.41, 5.74) is 2.76. The van der Waals surface area contributed by atoms with Gasteiger partial charge in [-0.1, -0.05) is 0 Å². The topological polar surface area (TPSA) is 81.3 Å². The van der Waals surface area contributed by atoms with Crippen molar-refractivity contribution in [3.8, 4) is 5.75 Å². The van der Waals surface area contributed by atoms with E-state index in [2.05, 4.69) is 45.9 Å². The van der Waals surface area contributed by atoms with E-state index >= 15 is 0 Å². The van der Waals surface area contributed by atoms with Crippen LogP contribution in [0.4, 0.5) is 5.69 Å². The molecular formula is C16H18BrN7O. The highest BCUT2D eigenvalue weighted by molar-refractivity contribution is 9.10. The Morgan fingerprint density at radius 2 is 1.92 bits per heavy atom. The van der Waals surface area contributed by atoms with Gasteiger partial charge < -0.3 is 9.64 Å². The summed E-state index contributed by atoms with van der Waals surface area (Å²) in [7, 11) is 0. The Morgan fingerprint density at radius 3 is 2.68 bits per heavy atom. The zero-order valence-electron chi connectivity index (χ0n) is 14.3. The minimum absolute atomic E-state index is 0.0879. The van der Waals surface area contributed by atoms with E-state index in [1.54, 1.807) is 4.52 Å². The Labute approximate surface area is 153 Å². The molecule has 4 rings (SSSR count). The number of aryl methyl sites for hydroxylation is 3. The zero-order chi connectivity index (χ0) is 17.6. The van der Waals surface area contributed by atoms with E-state index in [4.69, 9.17) is 4.74 Å². The Bertz CT molecular complexity index is 924. The molecule has 25 heavy (non-hydrogen) atoms. The Balaban J connectivity index is 1.55. The van der Waals surface area contributed by atoms with Gasteiger partial charge in [0.1, 0.15) is 11.9 Å². The summed E-state index contributed by atoms with van der Waals surface area (Å²) in [6.07, 6.45) is 4.66. The number of hydrogen-bond acceptors (Lipinski definition) is 7. The summed E-state index contributed by atoms with van der Waals surface area (Å²) in [6.45, 7) is 7.49. The van der Waals surface area contributed by atoms with Crippen molar-refractivity contribution in [1.82, 2.24) is 29.5 Å². The van der Waals surface area contributed by atoms with Crippen LogP contribution in [0.3, 0.4) is 0 Å². The minimum atomic E-state index is 0.0879. The van der Waals surface area contributed by atoms with Crippen LogP contribution in [-0.4, -0.2) is 48.7 Å². The second-order valence-corrected chi connectivity index (χ2v) is 6.88. The number of rotatable bonds is 3. The zero-order valence-corrected chi connectivity index (χ0v) is 15.9. The second-order valence-electron chi connectivity index (χ2n) is 6.17. The Hall–Kier alpha value is -2.29. The van der Waals surface area contributed by atoms with Crippen molar-refractivity contribution in [2.45, 2.75) is 33.3 Å². The van der Waals surface area contributed by atoms with E-state index in [-0.39, 0.29) is 6.10 Å². The lowest BCUT2D eigenvalue weighted by Gasteiger charge is -2.19. The highest BCUT2D eigenvalue weighted by Crippen LogP contribution is 2.27. The van der Waals surface area contributed by atoms with Crippen LogP contribution in [0.2, 0.25) is 0 Å². The number of anilines is 1. The Kier molecular flexibility index (Phi) is 4.03. The molecule has 0 N–H and O–H groups in total. The standard InChI is InChI=1S/C16H18BrN7O/c1-9-14(10(2)24-16(20-9)21-11(3)22-24)25-13-4-5-23(8-13)12-6-18-15(17)19-7-12/h6-7,13H,4-5,8H2,1-3H3. The lowest BCUT2D eigenvalue weighted by atomic mass is 10.3. The van der Waals surface area contributed by atoms with Crippen molar-refractivity contribution in [1.29, 1.82) is 0 Å². The van der Waals surface area contributed by atoms with E-state index in [0.717, 1.165) is 42.3 Å². The molecule has 130 valence electrons. The molecule has 0 saturated carbocycles. The van der Waals surface area contributed by atoms with Crippen LogP contribution in [0.1, 0.15) is 23.6 Å². The molecule has 0 bridgehead atoms. The third kappa shape index (κ3) is 3.04. The van der Waals surface area contributed by atoms with Crippen molar-refractivity contribution in [3.05, 3.63) is 34.3 Å². The summed E-state index contributed by atoms with van der Waals surface area (Å²) < 4.78 is 8.62. The first-order chi connectivity index (χ1) is 12.0. The molecule has 0 amide bonds. The Morgan fingerprint density at radius 1 is 1.16 bits per heavy atom. The van der Waals surface area contributed by atoms with Gasteiger partial charge in [-0.15, -0.1) is 5.10 Å². The first-order valence-electron chi connectivity index (χ1n) is 8.11. The minimum Gasteiger partial charge on any atom is -0.485 e. The monoisotopic (exact) mass is 403 g/mol. The van der Waals surface area contributed by atoms with Gasteiger partial charge in [-0.05, 0) is 36.7 Å². The predicted molar refractivity (Wildman–Crippen MR) is 96.0 cm³/mol. The van der Waals surface area contributed by atoms with Gasteiger partial charge in [0.15, 0.2) is 10.5 Å². The van der Waals surface area contributed by atoms with Gasteiger partial charge in [-0.3, -0.25) is 0 Å². The molecule has 0 spiro atoms. The molecule has 0 radical (unpaired) electrons. The van der Waals surface area contributed by atoms with E-state index in [9.17, 15) is 0 Å². The smallest absolute Gasteiger partial charge is 0.253 e. The number of fused-ring (bicyclic) bond motifs is 1. The van der Waals surface area contributed by atoms with Crippen LogP contribution >= 0.6 is 15.9 Å². The number of hydrogen-bond donors (Lipinski definition) is 0. The van der Waals surface area contributed by atoms with E-state index in [0.29, 0.717) is 16.3 Å². The van der Waals surface area contributed by atoms with E-state index in [1.807, 2.05) is 33.2 Å². The van der Waals surface area contributed by atoms with Crippen LogP contribution in [0.5, 0.6) is 5.75 Å². The molecule has 0 aliphatic carbocycles. The number of nitrogens with zero attached hydrogens (tertiary/aromatic N) is 7. The number of aromatic nitrogens is 6. The van der Waals surface area contributed by atoms with E-state index < -0.39 is 0 Å². The normalized spacial score (nSPS) is 17.4. The highest BCUT2D eigenvalue weighted by atomic mass is 79.9. The summed E-state index contributed by atoms with van der Waals surface area (Å²) in [5, 5.41) is 4.39. The quantitative estimate of drug-likeness (QED) is 0.620. The molecule has 9 heteroatoms. The lowest BCUT2D eigenvalue weighted by Crippen LogP contribution is -2.25. The van der Waals surface area contributed by atoms with Gasteiger partial charge in [0.2, 0.25) is 0 Å². The van der Waals surface area contributed by atoms with Gasteiger partial charge in [0.05, 0.1) is 36.0 Å². The van der Waals surface area contributed by atoms with Gasteiger partial charge in [0.25, 0.3) is 5.78 Å². The molecule has 3 aromatic heterocycles. The fourth-order valence-corrected chi connectivity index (χ4v) is 3.33. The maximum Gasteiger partial charge on any atom is 0.253 e. The molecule has 1 saturated heterocycles.